The first-order valence-corrected chi connectivity index (χ1v) is 6.93. The van der Waals surface area contributed by atoms with Crippen LogP contribution in [0.15, 0.2) is 34.9 Å². The molecule has 0 saturated heterocycles. The number of carboxylic acids is 1. The fourth-order valence-corrected chi connectivity index (χ4v) is 2.01. The molecule has 1 aromatic heterocycles. The van der Waals surface area contributed by atoms with Gasteiger partial charge in [-0.15, -0.1) is 0 Å². The summed E-state index contributed by atoms with van der Waals surface area (Å²) in [5, 5.41) is 12.6. The van der Waals surface area contributed by atoms with Gasteiger partial charge in [0.15, 0.2) is 0 Å². The third kappa shape index (κ3) is 4.25. The highest BCUT2D eigenvalue weighted by Crippen LogP contribution is 2.18. The number of carbonyl (C=O) groups excluding carboxylic acids is 1. The van der Waals surface area contributed by atoms with E-state index in [4.69, 9.17) is 9.15 Å². The molecule has 22 heavy (non-hydrogen) atoms. The van der Waals surface area contributed by atoms with E-state index < -0.39 is 23.7 Å². The lowest BCUT2D eigenvalue weighted by atomic mass is 10.0. The van der Waals surface area contributed by atoms with E-state index in [0.29, 0.717) is 5.58 Å². The average Bonchev–Trinajstić information content (AvgIpc) is 2.82. The van der Waals surface area contributed by atoms with Gasteiger partial charge in [-0.3, -0.25) is 0 Å². The van der Waals surface area contributed by atoms with Crippen LogP contribution in [0.3, 0.4) is 0 Å². The summed E-state index contributed by atoms with van der Waals surface area (Å²) in [6.45, 7) is 5.15. The average molecular weight is 305 g/mol. The van der Waals surface area contributed by atoms with Crippen LogP contribution in [0.25, 0.3) is 11.0 Å². The van der Waals surface area contributed by atoms with Crippen LogP contribution in [0.5, 0.6) is 0 Å². The van der Waals surface area contributed by atoms with Crippen molar-refractivity contribution in [3.05, 3.63) is 36.1 Å². The summed E-state index contributed by atoms with van der Waals surface area (Å²) in [5.41, 5.74) is 0.755. The van der Waals surface area contributed by atoms with Crippen LogP contribution < -0.4 is 5.32 Å². The first-order chi connectivity index (χ1) is 10.2. The van der Waals surface area contributed by atoms with Crippen LogP contribution in [0, 0.1) is 0 Å². The Kier molecular flexibility index (Phi) is 4.40. The molecule has 2 aromatic rings. The maximum atomic E-state index is 11.7. The van der Waals surface area contributed by atoms with Crippen molar-refractivity contribution in [1.82, 2.24) is 5.32 Å². The van der Waals surface area contributed by atoms with E-state index in [-0.39, 0.29) is 6.42 Å². The van der Waals surface area contributed by atoms with Crippen molar-refractivity contribution in [2.45, 2.75) is 38.8 Å². The molecule has 118 valence electrons. The molecule has 1 aromatic carbocycles. The van der Waals surface area contributed by atoms with Crippen LogP contribution in [-0.2, 0) is 16.0 Å². The van der Waals surface area contributed by atoms with Crippen molar-refractivity contribution in [3.8, 4) is 0 Å². The number of amides is 1. The highest BCUT2D eigenvalue weighted by Gasteiger charge is 2.24. The fraction of sp³-hybridized carbons (Fsp3) is 0.375. The largest absolute Gasteiger partial charge is 0.480 e. The number of furan rings is 1. The Bertz CT molecular complexity index is 683. The number of hydrogen-bond acceptors (Lipinski definition) is 4. The van der Waals surface area contributed by atoms with Crippen molar-refractivity contribution >= 4 is 23.0 Å². The van der Waals surface area contributed by atoms with Crippen molar-refractivity contribution in [2.24, 2.45) is 0 Å². The second-order valence-electron chi connectivity index (χ2n) is 6.03. The summed E-state index contributed by atoms with van der Waals surface area (Å²) in [4.78, 5) is 23.0. The van der Waals surface area contributed by atoms with E-state index in [1.54, 1.807) is 33.1 Å². The number of fused-ring (bicyclic) bond motifs is 1. The molecule has 0 bridgehead atoms. The maximum absolute atomic E-state index is 11.7. The lowest BCUT2D eigenvalue weighted by Crippen LogP contribution is -2.44. The Morgan fingerprint density at radius 2 is 2.05 bits per heavy atom. The molecule has 0 radical (unpaired) electrons. The van der Waals surface area contributed by atoms with Crippen molar-refractivity contribution in [3.63, 3.8) is 0 Å². The van der Waals surface area contributed by atoms with Gasteiger partial charge in [-0.05, 0) is 38.5 Å². The first-order valence-electron chi connectivity index (χ1n) is 6.93. The number of benzene rings is 1. The lowest BCUT2D eigenvalue weighted by Gasteiger charge is -2.22. The molecule has 2 rings (SSSR count). The molecule has 0 aliphatic carbocycles. The second-order valence-corrected chi connectivity index (χ2v) is 6.03. The zero-order valence-corrected chi connectivity index (χ0v) is 12.8. The van der Waals surface area contributed by atoms with Crippen LogP contribution >= 0.6 is 0 Å². The van der Waals surface area contributed by atoms with E-state index in [2.05, 4.69) is 5.32 Å². The molecule has 1 amide bonds. The van der Waals surface area contributed by atoms with Gasteiger partial charge >= 0.3 is 12.1 Å². The summed E-state index contributed by atoms with van der Waals surface area (Å²) < 4.78 is 10.4. The molecule has 1 unspecified atom stereocenters. The molecule has 2 N–H and O–H groups in total. The van der Waals surface area contributed by atoms with E-state index >= 15 is 0 Å². The first kappa shape index (κ1) is 15.9. The molecule has 1 atom stereocenters. The van der Waals surface area contributed by atoms with Gasteiger partial charge in [0.2, 0.25) is 0 Å². The minimum absolute atomic E-state index is 0.144. The second kappa shape index (κ2) is 6.09. The molecule has 0 aliphatic heterocycles. The number of carboxylic acid groups (broad SMARTS) is 1. The van der Waals surface area contributed by atoms with E-state index in [0.717, 1.165) is 10.9 Å². The van der Waals surface area contributed by atoms with Crippen molar-refractivity contribution in [2.75, 3.05) is 0 Å². The zero-order chi connectivity index (χ0) is 16.3. The molecule has 0 saturated carbocycles. The number of rotatable bonds is 4. The topological polar surface area (TPSA) is 88.8 Å². The van der Waals surface area contributed by atoms with Gasteiger partial charge in [-0.1, -0.05) is 12.1 Å². The number of carbonyl (C=O) groups is 2. The zero-order valence-electron chi connectivity index (χ0n) is 12.8. The van der Waals surface area contributed by atoms with Gasteiger partial charge in [0, 0.05) is 11.8 Å². The predicted molar refractivity (Wildman–Crippen MR) is 80.7 cm³/mol. The summed E-state index contributed by atoms with van der Waals surface area (Å²) in [5.74, 6) is -1.12. The van der Waals surface area contributed by atoms with Crippen molar-refractivity contribution in [1.29, 1.82) is 0 Å². The molecule has 0 fully saturated rings. The van der Waals surface area contributed by atoms with Gasteiger partial charge in [-0.2, -0.15) is 0 Å². The molecule has 0 spiro atoms. The fourth-order valence-electron chi connectivity index (χ4n) is 2.01. The Labute approximate surface area is 128 Å². The number of hydrogen-bond donors (Lipinski definition) is 2. The number of ether oxygens (including phenoxy) is 1. The van der Waals surface area contributed by atoms with E-state index in [1.165, 1.54) is 0 Å². The molecule has 6 nitrogen and oxygen atoms in total. The third-order valence-electron chi connectivity index (χ3n) is 2.95. The Balaban J connectivity index is 2.08. The van der Waals surface area contributed by atoms with Crippen LogP contribution in [-0.4, -0.2) is 28.8 Å². The van der Waals surface area contributed by atoms with Gasteiger partial charge in [0.25, 0.3) is 0 Å². The van der Waals surface area contributed by atoms with Crippen LogP contribution in [0.4, 0.5) is 4.79 Å². The summed E-state index contributed by atoms with van der Waals surface area (Å²) in [6.07, 6.45) is 0.965. The van der Waals surface area contributed by atoms with Crippen LogP contribution in [0.1, 0.15) is 26.3 Å². The SMILES string of the molecule is CC(C)(C)OC(=O)NC(Cc1ccc2ccoc2c1)C(=O)O. The predicted octanol–water partition coefficient (Wildman–Crippen LogP) is 2.95. The van der Waals surface area contributed by atoms with Crippen LogP contribution in [0.2, 0.25) is 0 Å². The number of alkyl carbamates (subject to hydrolysis) is 1. The number of nitrogens with one attached hydrogen (secondary N) is 1. The molecular weight excluding hydrogens is 286 g/mol. The van der Waals surface area contributed by atoms with Gasteiger partial charge < -0.3 is 19.6 Å². The van der Waals surface area contributed by atoms with E-state index in [9.17, 15) is 14.7 Å². The standard InChI is InChI=1S/C16H19NO5/c1-16(2,3)22-15(20)17-12(14(18)19)8-10-4-5-11-6-7-21-13(11)9-10/h4-7,9,12H,8H2,1-3H3,(H,17,20)(H,18,19). The maximum Gasteiger partial charge on any atom is 0.408 e. The summed E-state index contributed by atoms with van der Waals surface area (Å²) in [7, 11) is 0. The monoisotopic (exact) mass is 305 g/mol. The Hall–Kier alpha value is -2.50. The van der Waals surface area contributed by atoms with E-state index in [1.807, 2.05) is 18.2 Å². The minimum atomic E-state index is -1.12. The Morgan fingerprint density at radius 3 is 2.68 bits per heavy atom. The Morgan fingerprint density at radius 1 is 1.32 bits per heavy atom. The molecule has 6 heteroatoms. The third-order valence-corrected chi connectivity index (χ3v) is 2.95. The molecule has 0 aliphatic rings. The highest BCUT2D eigenvalue weighted by atomic mass is 16.6. The van der Waals surface area contributed by atoms with Gasteiger partial charge in [-0.25, -0.2) is 9.59 Å². The lowest BCUT2D eigenvalue weighted by molar-refractivity contribution is -0.139. The highest BCUT2D eigenvalue weighted by molar-refractivity contribution is 5.81. The minimum Gasteiger partial charge on any atom is -0.480 e. The smallest absolute Gasteiger partial charge is 0.408 e. The van der Waals surface area contributed by atoms with Gasteiger partial charge in [0.05, 0.1) is 6.26 Å². The van der Waals surface area contributed by atoms with Gasteiger partial charge in [0.1, 0.15) is 17.2 Å². The quantitative estimate of drug-likeness (QED) is 0.906. The normalized spacial score (nSPS) is 12.9. The summed E-state index contributed by atoms with van der Waals surface area (Å²) >= 11 is 0. The molecule has 1 heterocycles. The van der Waals surface area contributed by atoms with Crippen molar-refractivity contribution < 1.29 is 23.8 Å². The summed E-state index contributed by atoms with van der Waals surface area (Å²) in [6, 6.07) is 6.18. The number of aliphatic carboxylic acids is 1. The molecular formula is C16H19NO5.